The van der Waals surface area contributed by atoms with Gasteiger partial charge in [-0.1, -0.05) is 11.8 Å². The zero-order chi connectivity index (χ0) is 13.2. The Hall–Kier alpha value is -1.53. The maximum atomic E-state index is 5.61. The first-order valence-corrected chi connectivity index (χ1v) is 7.28. The lowest BCUT2D eigenvalue weighted by atomic mass is 10.2. The van der Waals surface area contributed by atoms with Gasteiger partial charge in [-0.3, -0.25) is 0 Å². The summed E-state index contributed by atoms with van der Waals surface area (Å²) in [5.41, 5.74) is 1.03. The third-order valence-electron chi connectivity index (χ3n) is 2.97. The fraction of sp³-hybridized carbons (Fsp3) is 0.385. The van der Waals surface area contributed by atoms with Crippen LogP contribution >= 0.6 is 11.8 Å². The maximum Gasteiger partial charge on any atom is 0.190 e. The largest absolute Gasteiger partial charge is 0.491 e. The second kappa shape index (κ2) is 5.22. The van der Waals surface area contributed by atoms with Crippen molar-refractivity contribution >= 4 is 11.8 Å². The number of aromatic nitrogens is 3. The fourth-order valence-electron chi connectivity index (χ4n) is 1.80. The molecule has 0 N–H and O–H groups in total. The number of rotatable bonds is 5. The van der Waals surface area contributed by atoms with Gasteiger partial charge in [-0.15, -0.1) is 10.2 Å². The van der Waals surface area contributed by atoms with Crippen LogP contribution < -0.4 is 4.74 Å². The molecule has 1 atom stereocenters. The Morgan fingerprint density at radius 3 is 2.68 bits per heavy atom. The molecule has 1 fully saturated rings. The zero-order valence-corrected chi connectivity index (χ0v) is 11.7. The van der Waals surface area contributed by atoms with Gasteiger partial charge in [-0.2, -0.15) is 0 Å². The monoisotopic (exact) mass is 277 g/mol. The van der Waals surface area contributed by atoms with E-state index in [9.17, 15) is 0 Å². The van der Waals surface area contributed by atoms with Crippen LogP contribution in [-0.2, 0) is 11.8 Å². The SMILES string of the molecule is CSc1nnc(-c2ccc(OCC3CO3)cc2)n1C. The number of epoxide rings is 1. The molecule has 5 nitrogen and oxygen atoms in total. The number of hydrogen-bond donors (Lipinski definition) is 0. The highest BCUT2D eigenvalue weighted by atomic mass is 32.2. The van der Waals surface area contributed by atoms with Gasteiger partial charge in [0, 0.05) is 12.6 Å². The van der Waals surface area contributed by atoms with Gasteiger partial charge in [0.1, 0.15) is 18.5 Å². The summed E-state index contributed by atoms with van der Waals surface area (Å²) in [6.45, 7) is 1.44. The average molecular weight is 277 g/mol. The molecule has 0 bridgehead atoms. The highest BCUT2D eigenvalue weighted by Gasteiger charge is 2.23. The normalized spacial score (nSPS) is 17.5. The van der Waals surface area contributed by atoms with E-state index < -0.39 is 0 Å². The first-order chi connectivity index (χ1) is 9.28. The van der Waals surface area contributed by atoms with Crippen LogP contribution in [0.5, 0.6) is 5.75 Å². The highest BCUT2D eigenvalue weighted by molar-refractivity contribution is 7.98. The van der Waals surface area contributed by atoms with Crippen molar-refractivity contribution in [2.75, 3.05) is 19.5 Å². The summed E-state index contributed by atoms with van der Waals surface area (Å²) in [4.78, 5) is 0. The molecule has 0 saturated carbocycles. The van der Waals surface area contributed by atoms with Crippen LogP contribution in [0.3, 0.4) is 0 Å². The minimum absolute atomic E-state index is 0.280. The van der Waals surface area contributed by atoms with Crippen LogP contribution in [0.2, 0.25) is 0 Å². The zero-order valence-electron chi connectivity index (χ0n) is 10.9. The molecule has 100 valence electrons. The molecular formula is C13H15N3O2S. The lowest BCUT2D eigenvalue weighted by Gasteiger charge is -2.06. The minimum atomic E-state index is 0.280. The number of benzene rings is 1. The first-order valence-electron chi connectivity index (χ1n) is 6.06. The van der Waals surface area contributed by atoms with Gasteiger partial charge >= 0.3 is 0 Å². The predicted octanol–water partition coefficient (Wildman–Crippen LogP) is 1.98. The van der Waals surface area contributed by atoms with E-state index in [-0.39, 0.29) is 6.10 Å². The summed E-state index contributed by atoms with van der Waals surface area (Å²) >= 11 is 1.58. The molecule has 1 aliphatic heterocycles. The van der Waals surface area contributed by atoms with Crippen LogP contribution in [0.15, 0.2) is 29.4 Å². The standard InChI is InChI=1S/C13H15N3O2S/c1-16-12(14-15-13(16)19-2)9-3-5-10(6-4-9)17-7-11-8-18-11/h3-6,11H,7-8H2,1-2H3. The first kappa shape index (κ1) is 12.5. The smallest absolute Gasteiger partial charge is 0.190 e. The third kappa shape index (κ3) is 2.74. The molecule has 0 radical (unpaired) electrons. The quantitative estimate of drug-likeness (QED) is 0.618. The Morgan fingerprint density at radius 1 is 1.37 bits per heavy atom. The molecular weight excluding hydrogens is 262 g/mol. The van der Waals surface area contributed by atoms with E-state index in [2.05, 4.69) is 10.2 Å². The molecule has 1 unspecified atom stereocenters. The minimum Gasteiger partial charge on any atom is -0.491 e. The molecule has 0 spiro atoms. The molecule has 6 heteroatoms. The maximum absolute atomic E-state index is 5.61. The Morgan fingerprint density at radius 2 is 2.11 bits per heavy atom. The van der Waals surface area contributed by atoms with E-state index in [1.54, 1.807) is 11.8 Å². The van der Waals surface area contributed by atoms with Crippen molar-refractivity contribution in [3.63, 3.8) is 0 Å². The van der Waals surface area contributed by atoms with Gasteiger partial charge in [-0.05, 0) is 30.5 Å². The Balaban J connectivity index is 1.75. The Labute approximate surface area is 115 Å². The second-order valence-corrected chi connectivity index (χ2v) is 5.13. The van der Waals surface area contributed by atoms with Gasteiger partial charge in [0.2, 0.25) is 0 Å². The van der Waals surface area contributed by atoms with Crippen molar-refractivity contribution in [1.82, 2.24) is 14.8 Å². The molecule has 19 heavy (non-hydrogen) atoms. The van der Waals surface area contributed by atoms with E-state index in [0.29, 0.717) is 6.61 Å². The molecule has 1 aliphatic rings. The van der Waals surface area contributed by atoms with Crippen LogP contribution in [0.25, 0.3) is 11.4 Å². The van der Waals surface area contributed by atoms with Crippen molar-refractivity contribution in [1.29, 1.82) is 0 Å². The van der Waals surface area contributed by atoms with Crippen molar-refractivity contribution in [3.05, 3.63) is 24.3 Å². The van der Waals surface area contributed by atoms with Crippen molar-refractivity contribution in [2.24, 2.45) is 7.05 Å². The van der Waals surface area contributed by atoms with E-state index in [1.165, 1.54) is 0 Å². The van der Waals surface area contributed by atoms with E-state index in [1.807, 2.05) is 42.1 Å². The summed E-state index contributed by atoms with van der Waals surface area (Å²) in [5, 5.41) is 9.23. The topological polar surface area (TPSA) is 52.5 Å². The van der Waals surface area contributed by atoms with E-state index in [0.717, 1.165) is 28.9 Å². The van der Waals surface area contributed by atoms with Gasteiger partial charge in [-0.25, -0.2) is 0 Å². The second-order valence-electron chi connectivity index (χ2n) is 4.36. The molecule has 0 aliphatic carbocycles. The van der Waals surface area contributed by atoms with Crippen molar-refractivity contribution in [2.45, 2.75) is 11.3 Å². The van der Waals surface area contributed by atoms with Gasteiger partial charge < -0.3 is 14.0 Å². The molecule has 2 aromatic rings. The molecule has 1 saturated heterocycles. The number of thioether (sulfide) groups is 1. The van der Waals surface area contributed by atoms with Crippen molar-refractivity contribution < 1.29 is 9.47 Å². The van der Waals surface area contributed by atoms with Crippen LogP contribution in [-0.4, -0.2) is 40.3 Å². The molecule has 1 aromatic heterocycles. The van der Waals surface area contributed by atoms with Crippen molar-refractivity contribution in [3.8, 4) is 17.1 Å². The third-order valence-corrected chi connectivity index (χ3v) is 3.69. The molecule has 1 aromatic carbocycles. The van der Waals surface area contributed by atoms with Crippen LogP contribution in [0.4, 0.5) is 0 Å². The Kier molecular flexibility index (Phi) is 3.44. The van der Waals surface area contributed by atoms with E-state index in [4.69, 9.17) is 9.47 Å². The molecule has 2 heterocycles. The van der Waals surface area contributed by atoms with Gasteiger partial charge in [0.15, 0.2) is 11.0 Å². The lowest BCUT2D eigenvalue weighted by molar-refractivity contribution is 0.263. The van der Waals surface area contributed by atoms with Crippen LogP contribution in [0, 0.1) is 0 Å². The predicted molar refractivity (Wildman–Crippen MR) is 73.5 cm³/mol. The fourth-order valence-corrected chi connectivity index (χ4v) is 2.28. The summed E-state index contributed by atoms with van der Waals surface area (Å²) in [5.74, 6) is 1.72. The highest BCUT2D eigenvalue weighted by Crippen LogP contribution is 2.23. The number of hydrogen-bond acceptors (Lipinski definition) is 5. The van der Waals surface area contributed by atoms with Gasteiger partial charge in [0.05, 0.1) is 6.61 Å². The van der Waals surface area contributed by atoms with Crippen LogP contribution in [0.1, 0.15) is 0 Å². The summed E-state index contributed by atoms with van der Waals surface area (Å²) in [6, 6.07) is 7.89. The Bertz CT molecular complexity index is 564. The van der Waals surface area contributed by atoms with Gasteiger partial charge in [0.25, 0.3) is 0 Å². The summed E-state index contributed by atoms with van der Waals surface area (Å²) < 4.78 is 12.7. The summed E-state index contributed by atoms with van der Waals surface area (Å²) in [7, 11) is 1.97. The average Bonchev–Trinajstić information content (AvgIpc) is 3.20. The number of nitrogens with zero attached hydrogens (tertiary/aromatic N) is 3. The lowest BCUT2D eigenvalue weighted by Crippen LogP contribution is -2.03. The van der Waals surface area contributed by atoms with E-state index >= 15 is 0 Å². The summed E-state index contributed by atoms with van der Waals surface area (Å²) in [6.07, 6.45) is 2.27. The molecule has 0 amide bonds. The number of ether oxygens (including phenoxy) is 2. The molecule has 3 rings (SSSR count).